The van der Waals surface area contributed by atoms with Crippen molar-refractivity contribution in [2.24, 2.45) is 0 Å². The van der Waals surface area contributed by atoms with Crippen LogP contribution < -0.4 is 0 Å². The zero-order chi connectivity index (χ0) is 82.5. The van der Waals surface area contributed by atoms with Crippen LogP contribution in [0.1, 0.15) is 349 Å². The number of ether oxygens (including phenoxy) is 8. The molecule has 18 atom stereocenters. The Kier molecular flexibility index (Phi) is 60.8. The molecule has 2 heterocycles. The van der Waals surface area contributed by atoms with Gasteiger partial charge in [-0.05, 0) is 128 Å². The number of aliphatic hydroxyl groups excluding tert-OH is 9. The molecule has 658 valence electrons. The zero-order valence-corrected chi connectivity index (χ0v) is 70.6. The number of carbonyl (C=O) groups excluding carboxylic acids is 4. The van der Waals surface area contributed by atoms with Crippen molar-refractivity contribution in [2.75, 3.05) is 26.4 Å². The van der Waals surface area contributed by atoms with E-state index in [0.29, 0.717) is 38.5 Å². The molecule has 3 fully saturated rings. The Labute approximate surface area is 678 Å². The number of carbonyl (C=O) groups is 4. The lowest BCUT2D eigenvalue weighted by atomic mass is 9.84. The van der Waals surface area contributed by atoms with Crippen LogP contribution in [0.4, 0.5) is 0 Å². The van der Waals surface area contributed by atoms with E-state index in [0.717, 1.165) is 135 Å². The van der Waals surface area contributed by atoms with Gasteiger partial charge < -0.3 is 88.7 Å². The summed E-state index contributed by atoms with van der Waals surface area (Å²) in [4.78, 5) is 66.2. The van der Waals surface area contributed by atoms with Crippen LogP contribution in [0.5, 0.6) is 0 Å². The highest BCUT2D eigenvalue weighted by molar-refractivity contribution is 7.47. The first-order valence-electron chi connectivity index (χ1n) is 44.4. The van der Waals surface area contributed by atoms with E-state index in [1.807, 2.05) is 0 Å². The Balaban J connectivity index is 1.95. The highest BCUT2D eigenvalue weighted by Crippen LogP contribution is 2.49. The summed E-state index contributed by atoms with van der Waals surface area (Å²) in [6.45, 7) is 5.47. The minimum atomic E-state index is -5.82. The second-order valence-corrected chi connectivity index (χ2v) is 32.8. The molecule has 10 N–H and O–H groups in total. The minimum Gasteiger partial charge on any atom is -0.463 e. The molecule has 0 aromatic carbocycles. The second-order valence-electron chi connectivity index (χ2n) is 31.4. The normalized spacial score (nSPS) is 25.7. The third-order valence-electron chi connectivity index (χ3n) is 21.2. The van der Waals surface area contributed by atoms with Crippen LogP contribution in [0.25, 0.3) is 0 Å². The smallest absolute Gasteiger partial charge is 0.463 e. The summed E-state index contributed by atoms with van der Waals surface area (Å²) in [6, 6.07) is 0. The fourth-order valence-electron chi connectivity index (χ4n) is 14.1. The highest BCUT2D eigenvalue weighted by Gasteiger charge is 2.60. The predicted molar refractivity (Wildman–Crippen MR) is 435 cm³/mol. The van der Waals surface area contributed by atoms with Crippen molar-refractivity contribution >= 4 is 31.7 Å². The van der Waals surface area contributed by atoms with Gasteiger partial charge in [-0.2, -0.15) is 0 Å². The van der Waals surface area contributed by atoms with Crippen LogP contribution in [0.3, 0.4) is 0 Å². The van der Waals surface area contributed by atoms with Gasteiger partial charge in [0.15, 0.2) is 24.8 Å². The SMILES string of the molecule is CCCCCC/C=C\CCCCCCCCCC(=O)OCC1OC(OC2C(OC(=O)CCCCC/C=C\CCCCCCCC)C(O)C(O)C(OC3OC(CO)C(O)C(O)C3O)C2OP(=O)(O)OCC(COC(=O)CCCCC/C=C\CCCCCCCC)OC(=O)CCCCC/C=C\CCCCCCCC)C(O)C(O)C1O. The molecular weight excluding hydrogens is 1480 g/mol. The molecule has 3 rings (SSSR count). The standard InChI is InChI=1S/C87H155O25P/c1-5-9-13-17-21-25-29-33-34-38-40-44-48-52-56-60-71(90)104-66-69-75(94)77(96)81(100)87(108-69)111-84-82(109-73(92)62-58-54-50-46-42-37-32-28-24-20-16-12-8-4)78(97)79(98)83(110-86-80(99)76(95)74(93)68(63-88)107-86)85(84)112-113(101,102)105-65-67(106-72(91)61-57-53-49-45-41-36-31-27-23-19-15-11-7-3)64-103-70(89)59-55-51-47-43-39-35-30-26-22-18-14-10-6-2/h25,29,35-37,39,41-42,67-69,74-88,93-100H,5-24,26-28,30-34,38,40,43-66H2,1-4H3,(H,101,102)/b29-25-,39-35-,41-36-,42-37-. The van der Waals surface area contributed by atoms with Crippen LogP contribution in [0.2, 0.25) is 0 Å². The number of hydrogen-bond donors (Lipinski definition) is 10. The predicted octanol–water partition coefficient (Wildman–Crippen LogP) is 15.3. The molecule has 2 saturated heterocycles. The van der Waals surface area contributed by atoms with Crippen LogP contribution >= 0.6 is 7.82 Å². The maximum atomic E-state index is 14.8. The van der Waals surface area contributed by atoms with Gasteiger partial charge in [0.2, 0.25) is 0 Å². The van der Waals surface area contributed by atoms with Gasteiger partial charge in [-0.1, -0.05) is 243 Å². The Hall–Kier alpha value is -3.57. The topological polar surface area (TPSA) is 380 Å². The van der Waals surface area contributed by atoms with Crippen LogP contribution in [-0.2, 0) is 70.7 Å². The number of aliphatic hydroxyl groups is 9. The molecule has 1 saturated carbocycles. The molecule has 0 amide bonds. The van der Waals surface area contributed by atoms with E-state index >= 15 is 0 Å². The van der Waals surface area contributed by atoms with Gasteiger partial charge in [-0.15, -0.1) is 0 Å². The van der Waals surface area contributed by atoms with Gasteiger partial charge in [-0.25, -0.2) is 4.57 Å². The van der Waals surface area contributed by atoms with E-state index in [1.165, 1.54) is 116 Å². The molecule has 0 radical (unpaired) electrons. The van der Waals surface area contributed by atoms with Gasteiger partial charge in [0, 0.05) is 25.7 Å². The van der Waals surface area contributed by atoms with Crippen molar-refractivity contribution < 1.29 is 122 Å². The quantitative estimate of drug-likeness (QED) is 0.00889. The summed E-state index contributed by atoms with van der Waals surface area (Å²) >= 11 is 0. The molecule has 26 heteroatoms. The number of phosphoric ester groups is 1. The number of esters is 4. The van der Waals surface area contributed by atoms with Crippen molar-refractivity contribution in [3.05, 3.63) is 48.6 Å². The van der Waals surface area contributed by atoms with Crippen LogP contribution in [0.15, 0.2) is 48.6 Å². The summed E-state index contributed by atoms with van der Waals surface area (Å²) in [6.07, 6.45) is 27.2. The molecule has 113 heavy (non-hydrogen) atoms. The Bertz CT molecular complexity index is 2560. The third kappa shape index (κ3) is 47.1. The lowest BCUT2D eigenvalue weighted by Gasteiger charge is -2.50. The highest BCUT2D eigenvalue weighted by atomic mass is 31.2. The Morgan fingerprint density at radius 1 is 0.345 bits per heavy atom. The summed E-state index contributed by atoms with van der Waals surface area (Å²) < 4.78 is 73.1. The maximum Gasteiger partial charge on any atom is 0.472 e. The van der Waals surface area contributed by atoms with Crippen molar-refractivity contribution in [3.8, 4) is 0 Å². The number of rotatable bonds is 70. The van der Waals surface area contributed by atoms with E-state index in [1.54, 1.807) is 0 Å². The average molecular weight is 1630 g/mol. The zero-order valence-electron chi connectivity index (χ0n) is 69.7. The lowest BCUT2D eigenvalue weighted by Crippen LogP contribution is -2.70. The first kappa shape index (κ1) is 104. The van der Waals surface area contributed by atoms with E-state index in [4.69, 9.17) is 46.9 Å². The summed E-state index contributed by atoms with van der Waals surface area (Å²) in [7, 11) is -5.82. The van der Waals surface area contributed by atoms with Crippen molar-refractivity contribution in [2.45, 2.75) is 453 Å². The van der Waals surface area contributed by atoms with Crippen LogP contribution in [-0.4, -0.2) is 205 Å². The molecule has 1 aliphatic carbocycles. The van der Waals surface area contributed by atoms with E-state index in [-0.39, 0.29) is 32.1 Å². The lowest BCUT2D eigenvalue weighted by molar-refractivity contribution is -0.360. The maximum absolute atomic E-state index is 14.8. The third-order valence-corrected chi connectivity index (χ3v) is 22.2. The van der Waals surface area contributed by atoms with E-state index in [9.17, 15) is 74.6 Å². The Morgan fingerprint density at radius 3 is 1.07 bits per heavy atom. The number of phosphoric acid groups is 1. The molecule has 0 aromatic rings. The van der Waals surface area contributed by atoms with Gasteiger partial charge >= 0.3 is 31.7 Å². The minimum absolute atomic E-state index is 0.00463. The fourth-order valence-corrected chi connectivity index (χ4v) is 15.1. The summed E-state index contributed by atoms with van der Waals surface area (Å²) in [5.41, 5.74) is 0. The molecule has 2 aliphatic heterocycles. The van der Waals surface area contributed by atoms with Gasteiger partial charge in [-0.3, -0.25) is 28.2 Å². The number of hydrogen-bond acceptors (Lipinski definition) is 24. The molecule has 18 unspecified atom stereocenters. The van der Waals surface area contributed by atoms with Crippen molar-refractivity contribution in [1.29, 1.82) is 0 Å². The molecular formula is C87H155O25P. The largest absolute Gasteiger partial charge is 0.472 e. The Morgan fingerprint density at radius 2 is 0.664 bits per heavy atom. The van der Waals surface area contributed by atoms with E-state index in [2.05, 4.69) is 76.3 Å². The molecule has 0 bridgehead atoms. The first-order chi connectivity index (χ1) is 54.7. The molecule has 25 nitrogen and oxygen atoms in total. The first-order valence-corrected chi connectivity index (χ1v) is 45.9. The molecule has 3 aliphatic rings. The van der Waals surface area contributed by atoms with Crippen LogP contribution in [0, 0.1) is 0 Å². The number of unbranched alkanes of at least 4 members (excludes halogenated alkanes) is 38. The van der Waals surface area contributed by atoms with Crippen molar-refractivity contribution in [1.82, 2.24) is 0 Å². The average Bonchev–Trinajstić information content (AvgIpc) is 0.754. The van der Waals surface area contributed by atoms with Gasteiger partial charge in [0.25, 0.3) is 0 Å². The fraction of sp³-hybridized carbons (Fsp3) is 0.862. The summed E-state index contributed by atoms with van der Waals surface area (Å²) in [5, 5.41) is 102. The summed E-state index contributed by atoms with van der Waals surface area (Å²) in [5.74, 6) is -3.04. The molecule has 0 aromatic heterocycles. The van der Waals surface area contributed by atoms with Gasteiger partial charge in [0.05, 0.1) is 13.2 Å². The van der Waals surface area contributed by atoms with E-state index < -0.39 is 162 Å². The monoisotopic (exact) mass is 1630 g/mol. The molecule has 0 spiro atoms. The second kappa shape index (κ2) is 66.3. The van der Waals surface area contributed by atoms with Gasteiger partial charge in [0.1, 0.15) is 92.6 Å². The number of allylic oxidation sites excluding steroid dienone is 8. The van der Waals surface area contributed by atoms with Crippen molar-refractivity contribution in [3.63, 3.8) is 0 Å².